The Bertz CT molecular complexity index is 507. The van der Waals surface area contributed by atoms with Gasteiger partial charge in [0.1, 0.15) is 11.8 Å². The van der Waals surface area contributed by atoms with Gasteiger partial charge in [0.05, 0.1) is 6.54 Å². The van der Waals surface area contributed by atoms with E-state index < -0.39 is 5.97 Å². The van der Waals surface area contributed by atoms with Gasteiger partial charge in [-0.15, -0.1) is 0 Å². The molecule has 1 unspecified atom stereocenters. The number of ketones is 1. The van der Waals surface area contributed by atoms with Crippen LogP contribution in [-0.4, -0.2) is 24.4 Å². The number of esters is 1. The second-order valence-electron chi connectivity index (χ2n) is 4.03. The van der Waals surface area contributed by atoms with Crippen LogP contribution in [0.25, 0.3) is 0 Å². The third-order valence-corrected chi connectivity index (χ3v) is 2.76. The summed E-state index contributed by atoms with van der Waals surface area (Å²) in [6.45, 7) is 2.29. The highest BCUT2D eigenvalue weighted by molar-refractivity contribution is 6.30. The predicted molar refractivity (Wildman–Crippen MR) is 67.4 cm³/mol. The number of nitrogens with one attached hydrogen (secondary N) is 1. The lowest BCUT2D eigenvalue weighted by Crippen LogP contribution is -2.39. The van der Waals surface area contributed by atoms with Gasteiger partial charge in [0.15, 0.2) is 5.78 Å². The highest BCUT2D eigenvalue weighted by Crippen LogP contribution is 2.12. The summed E-state index contributed by atoms with van der Waals surface area (Å²) < 4.78 is 5.01. The van der Waals surface area contributed by atoms with Crippen molar-refractivity contribution in [2.75, 3.05) is 6.54 Å². The molecule has 94 valence electrons. The zero-order valence-electron chi connectivity index (χ0n) is 9.77. The maximum absolute atomic E-state index is 11.9. The molecule has 1 aromatic rings. The van der Waals surface area contributed by atoms with Crippen molar-refractivity contribution in [1.29, 1.82) is 0 Å². The number of hydrogen-bond acceptors (Lipinski definition) is 4. The van der Waals surface area contributed by atoms with Crippen molar-refractivity contribution in [3.05, 3.63) is 46.6 Å². The Morgan fingerprint density at radius 1 is 1.44 bits per heavy atom. The van der Waals surface area contributed by atoms with Crippen LogP contribution in [0.3, 0.4) is 0 Å². The highest BCUT2D eigenvalue weighted by Gasteiger charge is 2.22. The molecule has 1 aliphatic rings. The van der Waals surface area contributed by atoms with Crippen molar-refractivity contribution in [2.24, 2.45) is 0 Å². The Morgan fingerprint density at radius 2 is 2.11 bits per heavy atom. The first-order valence-electron chi connectivity index (χ1n) is 5.52. The van der Waals surface area contributed by atoms with Gasteiger partial charge in [0.25, 0.3) is 0 Å². The molecule has 0 radical (unpaired) electrons. The largest absolute Gasteiger partial charge is 0.456 e. The van der Waals surface area contributed by atoms with Crippen LogP contribution < -0.4 is 5.32 Å². The van der Waals surface area contributed by atoms with Crippen LogP contribution in [0, 0.1) is 0 Å². The molecule has 1 atom stereocenters. The number of hydrogen-bond donors (Lipinski definition) is 1. The van der Waals surface area contributed by atoms with Crippen LogP contribution in [0.1, 0.15) is 17.3 Å². The van der Waals surface area contributed by atoms with E-state index in [0.717, 1.165) is 0 Å². The smallest absolute Gasteiger partial charge is 0.354 e. The molecule has 0 bridgehead atoms. The maximum Gasteiger partial charge on any atom is 0.354 e. The fourth-order valence-electron chi connectivity index (χ4n) is 1.55. The van der Waals surface area contributed by atoms with Crippen molar-refractivity contribution in [3.8, 4) is 0 Å². The second-order valence-corrected chi connectivity index (χ2v) is 4.46. The van der Waals surface area contributed by atoms with Gasteiger partial charge in [-0.2, -0.15) is 0 Å². The van der Waals surface area contributed by atoms with Crippen LogP contribution >= 0.6 is 11.6 Å². The molecule has 0 saturated carbocycles. The minimum absolute atomic E-state index is 0.180. The molecule has 1 aliphatic heterocycles. The summed E-state index contributed by atoms with van der Waals surface area (Å²) in [5, 5.41) is 3.43. The van der Waals surface area contributed by atoms with Gasteiger partial charge in [0, 0.05) is 16.7 Å². The predicted octanol–water partition coefficient (Wildman–Crippen LogP) is 1.94. The number of carbonyl (C=O) groups is 2. The van der Waals surface area contributed by atoms with E-state index in [1.54, 1.807) is 31.2 Å². The lowest BCUT2D eigenvalue weighted by Gasteiger charge is -2.22. The zero-order chi connectivity index (χ0) is 13.1. The molecule has 0 aromatic heterocycles. The van der Waals surface area contributed by atoms with Gasteiger partial charge in [-0.05, 0) is 31.2 Å². The van der Waals surface area contributed by atoms with Crippen LogP contribution in [0.15, 0.2) is 36.0 Å². The van der Waals surface area contributed by atoms with E-state index in [1.165, 1.54) is 6.08 Å². The fraction of sp³-hybridized carbons (Fsp3) is 0.231. The number of cyclic esters (lactones) is 1. The van der Waals surface area contributed by atoms with Gasteiger partial charge >= 0.3 is 5.97 Å². The summed E-state index contributed by atoms with van der Waals surface area (Å²) in [5.41, 5.74) is 0.660. The van der Waals surface area contributed by atoms with E-state index in [9.17, 15) is 9.59 Å². The Kier molecular flexibility index (Phi) is 3.67. The van der Waals surface area contributed by atoms with E-state index in [0.29, 0.717) is 17.1 Å². The van der Waals surface area contributed by atoms with Gasteiger partial charge in [-0.3, -0.25) is 4.79 Å². The van der Waals surface area contributed by atoms with Crippen molar-refractivity contribution >= 4 is 23.4 Å². The number of morpholine rings is 1. The first-order chi connectivity index (χ1) is 8.56. The zero-order valence-corrected chi connectivity index (χ0v) is 10.5. The third-order valence-electron chi connectivity index (χ3n) is 2.51. The van der Waals surface area contributed by atoms with E-state index in [-0.39, 0.29) is 17.6 Å². The molecule has 0 spiro atoms. The molecule has 1 N–H and O–H groups in total. The van der Waals surface area contributed by atoms with Gasteiger partial charge in [-0.25, -0.2) is 4.79 Å². The summed E-state index contributed by atoms with van der Waals surface area (Å²) in [6, 6.07) is 6.47. The summed E-state index contributed by atoms with van der Waals surface area (Å²) in [7, 11) is 0. The SMILES string of the molecule is CC1CN/C(=C\C(=O)c2ccc(Cl)cc2)C(=O)O1. The van der Waals surface area contributed by atoms with Crippen LogP contribution in [0.5, 0.6) is 0 Å². The van der Waals surface area contributed by atoms with Gasteiger partial charge in [0.2, 0.25) is 0 Å². The fourth-order valence-corrected chi connectivity index (χ4v) is 1.68. The molecule has 18 heavy (non-hydrogen) atoms. The molecule has 0 aliphatic carbocycles. The average Bonchev–Trinajstić information content (AvgIpc) is 2.33. The maximum atomic E-state index is 11.9. The monoisotopic (exact) mass is 265 g/mol. The minimum Gasteiger partial charge on any atom is -0.456 e. The Balaban J connectivity index is 2.15. The quantitative estimate of drug-likeness (QED) is 0.504. The van der Waals surface area contributed by atoms with Crippen LogP contribution in [0.4, 0.5) is 0 Å². The highest BCUT2D eigenvalue weighted by atomic mass is 35.5. The average molecular weight is 266 g/mol. The lowest BCUT2D eigenvalue weighted by molar-refractivity contribution is -0.146. The summed E-state index contributed by atoms with van der Waals surface area (Å²) in [6.07, 6.45) is 1.07. The van der Waals surface area contributed by atoms with Crippen molar-refractivity contribution in [3.63, 3.8) is 0 Å². The summed E-state index contributed by atoms with van der Waals surface area (Å²) >= 11 is 5.73. The van der Waals surface area contributed by atoms with E-state index >= 15 is 0 Å². The van der Waals surface area contributed by atoms with Crippen LogP contribution in [-0.2, 0) is 9.53 Å². The molecule has 1 fully saturated rings. The molecule has 5 heteroatoms. The third kappa shape index (κ3) is 2.90. The number of ether oxygens (including phenoxy) is 1. The topological polar surface area (TPSA) is 55.4 Å². The second kappa shape index (κ2) is 5.23. The van der Waals surface area contributed by atoms with E-state index in [2.05, 4.69) is 5.32 Å². The number of carbonyl (C=O) groups excluding carboxylic acids is 2. The normalized spacial score (nSPS) is 21.3. The Morgan fingerprint density at radius 3 is 2.72 bits per heavy atom. The molecule has 1 heterocycles. The first kappa shape index (κ1) is 12.6. The molecule has 0 amide bonds. The molecule has 1 aromatic carbocycles. The number of halogens is 1. The minimum atomic E-state index is -0.504. The lowest BCUT2D eigenvalue weighted by atomic mass is 10.1. The molecule has 1 saturated heterocycles. The Hall–Kier alpha value is -1.81. The molecule has 2 rings (SSSR count). The van der Waals surface area contributed by atoms with Crippen molar-refractivity contribution in [2.45, 2.75) is 13.0 Å². The van der Waals surface area contributed by atoms with Crippen molar-refractivity contribution < 1.29 is 14.3 Å². The first-order valence-corrected chi connectivity index (χ1v) is 5.90. The van der Waals surface area contributed by atoms with Crippen LogP contribution in [0.2, 0.25) is 5.02 Å². The van der Waals surface area contributed by atoms with E-state index in [1.807, 2.05) is 0 Å². The Labute approximate surface area is 110 Å². The van der Waals surface area contributed by atoms with Gasteiger partial charge < -0.3 is 10.1 Å². The number of rotatable bonds is 2. The summed E-state index contributed by atoms with van der Waals surface area (Å²) in [4.78, 5) is 23.4. The standard InChI is InChI=1S/C13H12ClNO3/c1-8-7-15-11(13(17)18-8)6-12(16)9-2-4-10(14)5-3-9/h2-6,8,15H,7H2,1H3/b11-6-. The number of benzene rings is 1. The van der Waals surface area contributed by atoms with E-state index in [4.69, 9.17) is 16.3 Å². The van der Waals surface area contributed by atoms with Gasteiger partial charge in [-0.1, -0.05) is 11.6 Å². The summed E-state index contributed by atoms with van der Waals surface area (Å²) in [5.74, 6) is -0.767. The molecular weight excluding hydrogens is 254 g/mol. The molecular formula is C13H12ClNO3. The van der Waals surface area contributed by atoms with Crippen molar-refractivity contribution in [1.82, 2.24) is 5.32 Å². The number of allylic oxidation sites excluding steroid dienone is 1. The molecule has 4 nitrogen and oxygen atoms in total.